The molecule has 2 heteroatoms. The van der Waals surface area contributed by atoms with Crippen molar-refractivity contribution in [3.63, 3.8) is 0 Å². The summed E-state index contributed by atoms with van der Waals surface area (Å²) in [6.07, 6.45) is 12.8. The van der Waals surface area contributed by atoms with Crippen LogP contribution in [0.25, 0.3) is 0 Å². The topological polar surface area (TPSA) is 24.7 Å². The molecule has 0 bridgehead atoms. The molecule has 1 aromatic carbocycles. The van der Waals surface area contributed by atoms with Crippen molar-refractivity contribution in [3.8, 4) is 0 Å². The molecule has 0 aromatic heterocycles. The van der Waals surface area contributed by atoms with Crippen LogP contribution in [0.2, 0.25) is 0 Å². The molecule has 2 rings (SSSR count). The van der Waals surface area contributed by atoms with Gasteiger partial charge in [-0.15, -0.1) is 0 Å². The van der Waals surface area contributed by atoms with Gasteiger partial charge in [0, 0.05) is 24.3 Å². The molecule has 0 radical (unpaired) electrons. The fourth-order valence-electron chi connectivity index (χ4n) is 2.18. The third kappa shape index (κ3) is 4.30. The van der Waals surface area contributed by atoms with Crippen LogP contribution >= 0.6 is 0 Å². The molecular weight excluding hydrogens is 244 g/mol. The zero-order valence-electron chi connectivity index (χ0n) is 12.2. The Balaban J connectivity index is 1.88. The van der Waals surface area contributed by atoms with E-state index in [1.54, 1.807) is 0 Å². The molecular formula is C18H22N2. The summed E-state index contributed by atoms with van der Waals surface area (Å²) in [5.74, 6) is 0.619. The van der Waals surface area contributed by atoms with Gasteiger partial charge in [0.05, 0.1) is 0 Å². The highest BCUT2D eigenvalue weighted by atomic mass is 15.2. The average molecular weight is 266 g/mol. The Labute approximate surface area is 121 Å². The molecule has 1 aromatic rings. The van der Waals surface area contributed by atoms with Gasteiger partial charge in [-0.25, -0.2) is 0 Å². The molecule has 0 fully saturated rings. The van der Waals surface area contributed by atoms with Gasteiger partial charge in [0.15, 0.2) is 0 Å². The summed E-state index contributed by atoms with van der Waals surface area (Å²) < 4.78 is 0. The molecule has 0 N–H and O–H groups in total. The molecule has 104 valence electrons. The molecule has 1 aliphatic carbocycles. The summed E-state index contributed by atoms with van der Waals surface area (Å²) in [5.41, 5.74) is 2.60. The average Bonchev–Trinajstić information content (AvgIpc) is 2.53. The van der Waals surface area contributed by atoms with Crippen molar-refractivity contribution in [1.82, 2.24) is 0 Å². The molecule has 0 saturated carbocycles. The molecule has 20 heavy (non-hydrogen) atoms. The Hall–Kier alpha value is -1.96. The monoisotopic (exact) mass is 266 g/mol. The number of nitrogens with zero attached hydrogens (tertiary/aromatic N) is 2. The molecule has 0 saturated heterocycles. The number of hydrogen-bond acceptors (Lipinski definition) is 2. The largest absolute Gasteiger partial charge is 0.163 e. The lowest BCUT2D eigenvalue weighted by Crippen LogP contribution is -2.00. The maximum absolute atomic E-state index is 4.18. The second kappa shape index (κ2) is 7.59. The van der Waals surface area contributed by atoms with E-state index in [0.29, 0.717) is 5.92 Å². The summed E-state index contributed by atoms with van der Waals surface area (Å²) in [6.45, 7) is 4.28. The first-order chi connectivity index (χ1) is 9.77. The van der Waals surface area contributed by atoms with Gasteiger partial charge in [-0.1, -0.05) is 62.4 Å². The third-order valence-electron chi connectivity index (χ3n) is 3.52. The van der Waals surface area contributed by atoms with E-state index in [2.05, 4.69) is 54.4 Å². The lowest BCUT2D eigenvalue weighted by Gasteiger charge is -2.10. The maximum atomic E-state index is 4.18. The van der Waals surface area contributed by atoms with Crippen LogP contribution in [-0.4, -0.2) is 12.4 Å². The summed E-state index contributed by atoms with van der Waals surface area (Å²) in [7, 11) is 0. The number of rotatable bonds is 5. The molecule has 1 aliphatic rings. The number of allylic oxidation sites excluding steroid dienone is 4. The van der Waals surface area contributed by atoms with E-state index in [-0.39, 0.29) is 5.92 Å². The van der Waals surface area contributed by atoms with Gasteiger partial charge in [0.1, 0.15) is 0 Å². The lowest BCUT2D eigenvalue weighted by molar-refractivity contribution is 0.905. The molecule has 0 heterocycles. The van der Waals surface area contributed by atoms with E-state index >= 15 is 0 Å². The van der Waals surface area contributed by atoms with E-state index in [0.717, 1.165) is 12.8 Å². The van der Waals surface area contributed by atoms with E-state index in [4.69, 9.17) is 0 Å². The minimum absolute atomic E-state index is 0.289. The van der Waals surface area contributed by atoms with Gasteiger partial charge >= 0.3 is 0 Å². The fourth-order valence-corrected chi connectivity index (χ4v) is 2.18. The maximum Gasteiger partial charge on any atom is 0.0342 e. The lowest BCUT2D eigenvalue weighted by atomic mass is 9.97. The van der Waals surface area contributed by atoms with Crippen LogP contribution in [0.1, 0.15) is 38.2 Å². The van der Waals surface area contributed by atoms with E-state index in [1.807, 2.05) is 30.6 Å². The predicted octanol–water partition coefficient (Wildman–Crippen LogP) is 4.76. The molecule has 0 amide bonds. The molecule has 2 unspecified atom stereocenters. The third-order valence-corrected chi connectivity index (χ3v) is 3.52. The standard InChI is InChI=1S/C18H22N2/c1-15(17-9-5-3-6-10-17)13-19-20-14-16(2)18-11-7-4-8-12-18/h3,5-7,9-16H,4,8H2,1-2H3/b19-13+,20-14+. The zero-order valence-corrected chi connectivity index (χ0v) is 12.2. The number of hydrogen-bond donors (Lipinski definition) is 0. The summed E-state index contributed by atoms with van der Waals surface area (Å²) in [4.78, 5) is 0. The normalized spacial score (nSPS) is 18.4. The SMILES string of the molecule is CC(/C=N/N=C/C(C)c1ccccc1)C1=CCCC=C1. The molecule has 0 spiro atoms. The molecule has 2 atom stereocenters. The van der Waals surface area contributed by atoms with Crippen LogP contribution in [0.3, 0.4) is 0 Å². The second-order valence-corrected chi connectivity index (χ2v) is 5.20. The second-order valence-electron chi connectivity index (χ2n) is 5.20. The molecule has 0 aliphatic heterocycles. The summed E-state index contributed by atoms with van der Waals surface area (Å²) in [6, 6.07) is 10.3. The smallest absolute Gasteiger partial charge is 0.0342 e. The fraction of sp³-hybridized carbons (Fsp3) is 0.333. The van der Waals surface area contributed by atoms with Crippen molar-refractivity contribution in [3.05, 3.63) is 59.7 Å². The Morgan fingerprint density at radius 1 is 0.950 bits per heavy atom. The Kier molecular flexibility index (Phi) is 5.48. The van der Waals surface area contributed by atoms with Gasteiger partial charge in [-0.05, 0) is 24.0 Å². The first-order valence-corrected chi connectivity index (χ1v) is 7.25. The van der Waals surface area contributed by atoms with Crippen molar-refractivity contribution in [2.45, 2.75) is 32.6 Å². The Morgan fingerprint density at radius 3 is 2.30 bits per heavy atom. The van der Waals surface area contributed by atoms with E-state index < -0.39 is 0 Å². The highest BCUT2D eigenvalue weighted by Crippen LogP contribution is 2.17. The van der Waals surface area contributed by atoms with E-state index in [9.17, 15) is 0 Å². The summed E-state index contributed by atoms with van der Waals surface area (Å²) in [5, 5.41) is 8.36. The van der Waals surface area contributed by atoms with Gasteiger partial charge in [-0.3, -0.25) is 0 Å². The van der Waals surface area contributed by atoms with Crippen molar-refractivity contribution >= 4 is 12.4 Å². The van der Waals surface area contributed by atoms with Crippen molar-refractivity contribution in [2.75, 3.05) is 0 Å². The first kappa shape index (κ1) is 14.4. The first-order valence-electron chi connectivity index (χ1n) is 7.25. The van der Waals surface area contributed by atoms with Gasteiger partial charge in [-0.2, -0.15) is 10.2 Å². The minimum Gasteiger partial charge on any atom is -0.163 e. The van der Waals surface area contributed by atoms with Crippen molar-refractivity contribution in [2.24, 2.45) is 16.1 Å². The van der Waals surface area contributed by atoms with Gasteiger partial charge < -0.3 is 0 Å². The molecule has 2 nitrogen and oxygen atoms in total. The van der Waals surface area contributed by atoms with Crippen LogP contribution in [0.15, 0.2) is 64.3 Å². The van der Waals surface area contributed by atoms with E-state index in [1.165, 1.54) is 11.1 Å². The highest BCUT2D eigenvalue weighted by Gasteiger charge is 2.04. The summed E-state index contributed by atoms with van der Waals surface area (Å²) >= 11 is 0. The zero-order chi connectivity index (χ0) is 14.2. The van der Waals surface area contributed by atoms with Crippen LogP contribution in [0.4, 0.5) is 0 Å². The van der Waals surface area contributed by atoms with Gasteiger partial charge in [0.2, 0.25) is 0 Å². The predicted molar refractivity (Wildman–Crippen MR) is 87.5 cm³/mol. The Bertz CT molecular complexity index is 524. The van der Waals surface area contributed by atoms with Crippen LogP contribution in [-0.2, 0) is 0 Å². The van der Waals surface area contributed by atoms with Crippen molar-refractivity contribution < 1.29 is 0 Å². The number of benzene rings is 1. The minimum atomic E-state index is 0.289. The quantitative estimate of drug-likeness (QED) is 0.542. The van der Waals surface area contributed by atoms with Gasteiger partial charge in [0.25, 0.3) is 0 Å². The Morgan fingerprint density at radius 2 is 1.65 bits per heavy atom. The van der Waals surface area contributed by atoms with Crippen molar-refractivity contribution in [1.29, 1.82) is 0 Å². The van der Waals surface area contributed by atoms with Crippen LogP contribution in [0.5, 0.6) is 0 Å². The highest BCUT2D eigenvalue weighted by molar-refractivity contribution is 5.70. The van der Waals surface area contributed by atoms with Crippen LogP contribution < -0.4 is 0 Å². The van der Waals surface area contributed by atoms with Crippen LogP contribution in [0, 0.1) is 5.92 Å².